The Kier molecular flexibility index (Phi) is 4.80. The lowest BCUT2D eigenvalue weighted by Crippen LogP contribution is -3.13. The highest BCUT2D eigenvalue weighted by atomic mass is 15.3. The van der Waals surface area contributed by atoms with Crippen LogP contribution >= 0.6 is 0 Å². The maximum Gasteiger partial charge on any atom is 0.103 e. The smallest absolute Gasteiger partial charge is 0.103 e. The van der Waals surface area contributed by atoms with Gasteiger partial charge in [0.05, 0.1) is 26.2 Å². The Balaban J connectivity index is 1.34. The second kappa shape index (κ2) is 7.54. The predicted molar refractivity (Wildman–Crippen MR) is 105 cm³/mol. The molecular weight excluding hydrogens is 304 g/mol. The first-order valence-corrected chi connectivity index (χ1v) is 9.16. The molecule has 1 fully saturated rings. The first kappa shape index (κ1) is 15.9. The number of rotatable bonds is 4. The van der Waals surface area contributed by atoms with Gasteiger partial charge in [-0.15, -0.1) is 0 Å². The summed E-state index contributed by atoms with van der Waals surface area (Å²) < 4.78 is 0. The first-order chi connectivity index (χ1) is 12.4. The molecule has 1 aliphatic rings. The molecule has 1 heterocycles. The van der Waals surface area contributed by atoms with Gasteiger partial charge >= 0.3 is 0 Å². The van der Waals surface area contributed by atoms with Crippen LogP contribution in [0.3, 0.4) is 0 Å². The third kappa shape index (κ3) is 3.92. The molecule has 25 heavy (non-hydrogen) atoms. The van der Waals surface area contributed by atoms with Gasteiger partial charge in [-0.1, -0.05) is 72.8 Å². The van der Waals surface area contributed by atoms with E-state index in [1.807, 2.05) is 0 Å². The number of benzene rings is 3. The van der Waals surface area contributed by atoms with Crippen LogP contribution in [-0.2, 0) is 6.54 Å². The van der Waals surface area contributed by atoms with E-state index in [9.17, 15) is 0 Å². The summed E-state index contributed by atoms with van der Waals surface area (Å²) >= 11 is 0. The molecule has 0 amide bonds. The molecule has 2 heteroatoms. The van der Waals surface area contributed by atoms with Crippen LogP contribution in [0.1, 0.15) is 5.56 Å². The highest BCUT2D eigenvalue weighted by Crippen LogP contribution is 2.19. The molecule has 2 nitrogen and oxygen atoms in total. The number of para-hydroxylation sites is 1. The molecule has 0 unspecified atom stereocenters. The topological polar surface area (TPSA) is 7.68 Å². The predicted octanol–water partition coefficient (Wildman–Crippen LogP) is 3.26. The van der Waals surface area contributed by atoms with Crippen molar-refractivity contribution in [2.24, 2.45) is 0 Å². The highest BCUT2D eigenvalue weighted by Gasteiger charge is 2.20. The first-order valence-electron chi connectivity index (χ1n) is 9.16. The molecular formula is C23H25N2+. The van der Waals surface area contributed by atoms with Gasteiger partial charge in [-0.05, 0) is 23.3 Å². The summed E-state index contributed by atoms with van der Waals surface area (Å²) in [6.07, 6.45) is 0. The van der Waals surface area contributed by atoms with Crippen LogP contribution in [-0.4, -0.2) is 26.2 Å². The van der Waals surface area contributed by atoms with Crippen molar-refractivity contribution in [1.29, 1.82) is 0 Å². The normalized spacial score (nSPS) is 15.3. The van der Waals surface area contributed by atoms with Gasteiger partial charge in [0.2, 0.25) is 0 Å². The van der Waals surface area contributed by atoms with Crippen LogP contribution < -0.4 is 9.80 Å². The van der Waals surface area contributed by atoms with Gasteiger partial charge in [-0.3, -0.25) is 0 Å². The van der Waals surface area contributed by atoms with Crippen molar-refractivity contribution >= 4 is 5.69 Å². The molecule has 0 atom stereocenters. The van der Waals surface area contributed by atoms with Gasteiger partial charge in [0.15, 0.2) is 0 Å². The summed E-state index contributed by atoms with van der Waals surface area (Å²) in [7, 11) is 0. The number of hydrogen-bond acceptors (Lipinski definition) is 1. The van der Waals surface area contributed by atoms with Crippen molar-refractivity contribution in [2.45, 2.75) is 6.54 Å². The third-order valence-corrected chi connectivity index (χ3v) is 5.11. The molecule has 0 radical (unpaired) electrons. The molecule has 3 aromatic carbocycles. The van der Waals surface area contributed by atoms with E-state index in [2.05, 4.69) is 89.8 Å². The Morgan fingerprint density at radius 1 is 0.640 bits per heavy atom. The van der Waals surface area contributed by atoms with E-state index in [4.69, 9.17) is 0 Å². The Morgan fingerprint density at radius 3 is 1.84 bits per heavy atom. The summed E-state index contributed by atoms with van der Waals surface area (Å²) in [6, 6.07) is 30.5. The summed E-state index contributed by atoms with van der Waals surface area (Å²) in [5.74, 6) is 0. The number of hydrogen-bond donors (Lipinski definition) is 1. The molecule has 0 aromatic heterocycles. The van der Waals surface area contributed by atoms with Crippen molar-refractivity contribution in [2.75, 3.05) is 31.1 Å². The van der Waals surface area contributed by atoms with E-state index in [1.54, 1.807) is 4.90 Å². The fourth-order valence-electron chi connectivity index (χ4n) is 3.63. The van der Waals surface area contributed by atoms with Crippen LogP contribution in [0, 0.1) is 0 Å². The number of piperazine rings is 1. The number of nitrogens with zero attached hydrogens (tertiary/aromatic N) is 1. The van der Waals surface area contributed by atoms with Gasteiger partial charge < -0.3 is 9.80 Å². The molecule has 0 aliphatic carbocycles. The van der Waals surface area contributed by atoms with Gasteiger partial charge in [-0.2, -0.15) is 0 Å². The van der Waals surface area contributed by atoms with Gasteiger partial charge in [0.25, 0.3) is 0 Å². The summed E-state index contributed by atoms with van der Waals surface area (Å²) in [5, 5.41) is 0. The van der Waals surface area contributed by atoms with Crippen LogP contribution in [0.15, 0.2) is 84.9 Å². The zero-order chi connectivity index (χ0) is 16.9. The lowest BCUT2D eigenvalue weighted by molar-refractivity contribution is -0.914. The second-order valence-corrected chi connectivity index (χ2v) is 6.81. The van der Waals surface area contributed by atoms with Crippen molar-refractivity contribution < 1.29 is 4.90 Å². The van der Waals surface area contributed by atoms with E-state index in [1.165, 1.54) is 35.5 Å². The fourth-order valence-corrected chi connectivity index (χ4v) is 3.63. The SMILES string of the molecule is c1ccc(-c2ccc(C[NH+]3CCN(c4ccccc4)CC3)cc2)cc1. The van der Waals surface area contributed by atoms with Gasteiger partial charge in [-0.25, -0.2) is 0 Å². The zero-order valence-corrected chi connectivity index (χ0v) is 14.6. The number of nitrogens with one attached hydrogen (secondary N) is 1. The summed E-state index contributed by atoms with van der Waals surface area (Å²) in [5.41, 5.74) is 5.38. The Hall–Kier alpha value is -2.58. The third-order valence-electron chi connectivity index (χ3n) is 5.11. The van der Waals surface area contributed by atoms with Crippen molar-refractivity contribution in [3.63, 3.8) is 0 Å². The Bertz CT molecular complexity index is 773. The molecule has 3 aromatic rings. The van der Waals surface area contributed by atoms with Crippen molar-refractivity contribution in [3.8, 4) is 11.1 Å². The van der Waals surface area contributed by atoms with E-state index < -0.39 is 0 Å². The van der Waals surface area contributed by atoms with Crippen LogP contribution in [0.25, 0.3) is 11.1 Å². The van der Waals surface area contributed by atoms with Crippen molar-refractivity contribution in [3.05, 3.63) is 90.5 Å². The minimum atomic E-state index is 1.12. The molecule has 126 valence electrons. The van der Waals surface area contributed by atoms with Crippen LogP contribution in [0.5, 0.6) is 0 Å². The molecule has 1 aliphatic heterocycles. The standard InChI is InChI=1S/C23H24N2/c1-3-7-21(8-4-1)22-13-11-20(12-14-22)19-24-15-17-25(18-16-24)23-9-5-2-6-10-23/h1-14H,15-19H2/p+1. The van der Waals surface area contributed by atoms with Crippen molar-refractivity contribution in [1.82, 2.24) is 0 Å². The minimum absolute atomic E-state index is 1.12. The van der Waals surface area contributed by atoms with Crippen LogP contribution in [0.2, 0.25) is 0 Å². The Morgan fingerprint density at radius 2 is 1.20 bits per heavy atom. The average molecular weight is 329 g/mol. The number of anilines is 1. The van der Waals surface area contributed by atoms with Gasteiger partial charge in [0, 0.05) is 11.3 Å². The fraction of sp³-hybridized carbons (Fsp3) is 0.217. The van der Waals surface area contributed by atoms with Crippen LogP contribution in [0.4, 0.5) is 5.69 Å². The van der Waals surface area contributed by atoms with E-state index in [-0.39, 0.29) is 0 Å². The van der Waals surface area contributed by atoms with E-state index in [0.717, 1.165) is 19.6 Å². The molecule has 0 saturated carbocycles. The number of quaternary nitrogens is 1. The molecule has 0 bridgehead atoms. The lowest BCUT2D eigenvalue weighted by Gasteiger charge is -2.33. The monoisotopic (exact) mass is 329 g/mol. The Labute approximate surface area is 150 Å². The summed E-state index contributed by atoms with van der Waals surface area (Å²) in [4.78, 5) is 4.18. The maximum absolute atomic E-state index is 2.50. The largest absolute Gasteiger partial charge is 0.360 e. The average Bonchev–Trinajstić information content (AvgIpc) is 2.71. The zero-order valence-electron chi connectivity index (χ0n) is 14.6. The molecule has 1 N–H and O–H groups in total. The quantitative estimate of drug-likeness (QED) is 0.772. The minimum Gasteiger partial charge on any atom is -0.360 e. The summed E-state index contributed by atoms with van der Waals surface area (Å²) in [6.45, 7) is 5.81. The molecule has 0 spiro atoms. The van der Waals surface area contributed by atoms with Gasteiger partial charge in [0.1, 0.15) is 6.54 Å². The second-order valence-electron chi connectivity index (χ2n) is 6.81. The maximum atomic E-state index is 2.50. The molecule has 1 saturated heterocycles. The van der Waals surface area contributed by atoms with E-state index >= 15 is 0 Å². The lowest BCUT2D eigenvalue weighted by atomic mass is 10.0. The highest BCUT2D eigenvalue weighted by molar-refractivity contribution is 5.63. The van der Waals surface area contributed by atoms with E-state index in [0.29, 0.717) is 0 Å². The molecule has 4 rings (SSSR count).